The summed E-state index contributed by atoms with van der Waals surface area (Å²) in [5.41, 5.74) is 7.86. The van der Waals surface area contributed by atoms with Crippen LogP contribution in [0.3, 0.4) is 0 Å². The summed E-state index contributed by atoms with van der Waals surface area (Å²) in [6.45, 7) is 2.21. The Kier molecular flexibility index (Phi) is 2.60. The van der Waals surface area contributed by atoms with Crippen LogP contribution >= 0.6 is 0 Å². The van der Waals surface area contributed by atoms with E-state index >= 15 is 0 Å². The molecule has 2 unspecified atom stereocenters. The van der Waals surface area contributed by atoms with Gasteiger partial charge in [0.15, 0.2) is 0 Å². The smallest absolute Gasteiger partial charge is 0.0183 e. The van der Waals surface area contributed by atoms with Gasteiger partial charge >= 0.3 is 0 Å². The van der Waals surface area contributed by atoms with Crippen LogP contribution in [0.4, 0.5) is 0 Å². The third-order valence-corrected chi connectivity index (χ3v) is 3.75. The average molecular weight is 189 g/mol. The Balaban J connectivity index is 1.99. The van der Waals surface area contributed by atoms with Gasteiger partial charge in [0.1, 0.15) is 0 Å². The summed E-state index contributed by atoms with van der Waals surface area (Å²) in [7, 11) is 0. The van der Waals surface area contributed by atoms with Crippen LogP contribution in [-0.4, -0.2) is 5.54 Å². The minimum absolute atomic E-state index is 0.135. The van der Waals surface area contributed by atoms with Crippen LogP contribution in [0.15, 0.2) is 30.3 Å². The third-order valence-electron chi connectivity index (χ3n) is 3.75. The molecule has 0 bridgehead atoms. The minimum atomic E-state index is 0.135. The van der Waals surface area contributed by atoms with Crippen LogP contribution < -0.4 is 5.73 Å². The molecule has 2 rings (SSSR count). The number of rotatable bonds is 3. The number of hydrogen-bond donors (Lipinski definition) is 1. The molecule has 0 aliphatic heterocycles. The van der Waals surface area contributed by atoms with Gasteiger partial charge in [0, 0.05) is 5.54 Å². The van der Waals surface area contributed by atoms with Crippen molar-refractivity contribution in [3.8, 4) is 0 Å². The average Bonchev–Trinajstić information content (AvgIpc) is 2.25. The zero-order chi connectivity index (χ0) is 10.0. The maximum Gasteiger partial charge on any atom is 0.0183 e. The summed E-state index contributed by atoms with van der Waals surface area (Å²) in [6.07, 6.45) is 4.79. The second-order valence-corrected chi connectivity index (χ2v) is 4.51. The van der Waals surface area contributed by atoms with E-state index in [0.29, 0.717) is 5.92 Å². The zero-order valence-electron chi connectivity index (χ0n) is 8.87. The van der Waals surface area contributed by atoms with E-state index < -0.39 is 0 Å². The first-order valence-electron chi connectivity index (χ1n) is 5.57. The van der Waals surface area contributed by atoms with Crippen molar-refractivity contribution in [2.75, 3.05) is 0 Å². The topological polar surface area (TPSA) is 26.0 Å². The molecule has 0 amide bonds. The van der Waals surface area contributed by atoms with E-state index in [4.69, 9.17) is 5.73 Å². The first-order chi connectivity index (χ1) is 6.74. The van der Waals surface area contributed by atoms with Gasteiger partial charge in [0.25, 0.3) is 0 Å². The number of hydrogen-bond acceptors (Lipinski definition) is 1. The molecule has 76 valence electrons. The van der Waals surface area contributed by atoms with Crippen molar-refractivity contribution in [3.05, 3.63) is 35.9 Å². The largest absolute Gasteiger partial charge is 0.325 e. The first-order valence-corrected chi connectivity index (χ1v) is 5.57. The standard InChI is InChI=1S/C13H19N/c1-2-13(14)9-8-12(13)10-11-6-4-3-5-7-11/h3-7,12H,2,8-10,14H2,1H3. The molecular formula is C13H19N. The van der Waals surface area contributed by atoms with Gasteiger partial charge in [-0.25, -0.2) is 0 Å². The van der Waals surface area contributed by atoms with Gasteiger partial charge in [-0.15, -0.1) is 0 Å². The summed E-state index contributed by atoms with van der Waals surface area (Å²) in [5, 5.41) is 0. The van der Waals surface area contributed by atoms with Crippen molar-refractivity contribution in [1.29, 1.82) is 0 Å². The van der Waals surface area contributed by atoms with Gasteiger partial charge < -0.3 is 5.73 Å². The molecule has 1 heteroatoms. The van der Waals surface area contributed by atoms with Crippen LogP contribution in [0, 0.1) is 5.92 Å². The molecule has 1 aromatic rings. The molecule has 0 saturated heterocycles. The van der Waals surface area contributed by atoms with Gasteiger partial charge in [0.05, 0.1) is 0 Å². The lowest BCUT2D eigenvalue weighted by Crippen LogP contribution is -2.55. The Morgan fingerprint density at radius 2 is 2.07 bits per heavy atom. The molecule has 2 N–H and O–H groups in total. The van der Waals surface area contributed by atoms with Crippen LogP contribution in [-0.2, 0) is 6.42 Å². The predicted molar refractivity (Wildman–Crippen MR) is 60.1 cm³/mol. The van der Waals surface area contributed by atoms with E-state index in [9.17, 15) is 0 Å². The lowest BCUT2D eigenvalue weighted by Gasteiger charge is -2.46. The third kappa shape index (κ3) is 1.69. The SMILES string of the molecule is CCC1(N)CCC1Cc1ccccc1. The highest BCUT2D eigenvalue weighted by Crippen LogP contribution is 2.40. The van der Waals surface area contributed by atoms with Gasteiger partial charge in [0.2, 0.25) is 0 Å². The number of benzene rings is 1. The second-order valence-electron chi connectivity index (χ2n) is 4.51. The first kappa shape index (κ1) is 9.72. The molecule has 1 fully saturated rings. The zero-order valence-corrected chi connectivity index (χ0v) is 8.87. The van der Waals surface area contributed by atoms with E-state index in [0.717, 1.165) is 12.8 Å². The highest BCUT2D eigenvalue weighted by molar-refractivity contribution is 5.17. The van der Waals surface area contributed by atoms with E-state index in [2.05, 4.69) is 37.3 Å². The fraction of sp³-hybridized carbons (Fsp3) is 0.538. The van der Waals surface area contributed by atoms with E-state index in [-0.39, 0.29) is 5.54 Å². The van der Waals surface area contributed by atoms with Gasteiger partial charge in [-0.2, -0.15) is 0 Å². The summed E-state index contributed by atoms with van der Waals surface area (Å²) in [5.74, 6) is 0.704. The molecule has 0 aromatic heterocycles. The summed E-state index contributed by atoms with van der Waals surface area (Å²) in [4.78, 5) is 0. The van der Waals surface area contributed by atoms with E-state index in [1.165, 1.54) is 18.4 Å². The second kappa shape index (κ2) is 3.74. The molecule has 1 saturated carbocycles. The van der Waals surface area contributed by atoms with Crippen LogP contribution in [0.1, 0.15) is 31.7 Å². The lowest BCUT2D eigenvalue weighted by molar-refractivity contribution is 0.122. The molecule has 0 heterocycles. The molecule has 14 heavy (non-hydrogen) atoms. The Bertz CT molecular complexity index is 289. The highest BCUT2D eigenvalue weighted by atomic mass is 14.8. The van der Waals surface area contributed by atoms with Crippen LogP contribution in [0.2, 0.25) is 0 Å². The Labute approximate surface area is 86.3 Å². The summed E-state index contributed by atoms with van der Waals surface area (Å²) >= 11 is 0. The maximum atomic E-state index is 6.29. The molecule has 1 aliphatic carbocycles. The Morgan fingerprint density at radius 3 is 2.57 bits per heavy atom. The van der Waals surface area contributed by atoms with Crippen LogP contribution in [0.25, 0.3) is 0 Å². The lowest BCUT2D eigenvalue weighted by atomic mass is 9.63. The minimum Gasteiger partial charge on any atom is -0.325 e. The Morgan fingerprint density at radius 1 is 1.36 bits per heavy atom. The fourth-order valence-corrected chi connectivity index (χ4v) is 2.39. The van der Waals surface area contributed by atoms with Crippen LogP contribution in [0.5, 0.6) is 0 Å². The Hall–Kier alpha value is -0.820. The number of nitrogens with two attached hydrogens (primary N) is 1. The van der Waals surface area contributed by atoms with E-state index in [1.54, 1.807) is 0 Å². The molecule has 0 spiro atoms. The van der Waals surface area contributed by atoms with Crippen molar-refractivity contribution < 1.29 is 0 Å². The van der Waals surface area contributed by atoms with Gasteiger partial charge in [-0.1, -0.05) is 37.3 Å². The molecule has 1 nitrogen and oxygen atoms in total. The van der Waals surface area contributed by atoms with Crippen molar-refractivity contribution >= 4 is 0 Å². The molecule has 1 aromatic carbocycles. The van der Waals surface area contributed by atoms with Gasteiger partial charge in [-0.05, 0) is 37.2 Å². The van der Waals surface area contributed by atoms with Crippen molar-refractivity contribution in [2.45, 2.75) is 38.1 Å². The van der Waals surface area contributed by atoms with Gasteiger partial charge in [-0.3, -0.25) is 0 Å². The monoisotopic (exact) mass is 189 g/mol. The summed E-state index contributed by atoms with van der Waals surface area (Å²) in [6, 6.07) is 10.7. The molecule has 2 atom stereocenters. The maximum absolute atomic E-state index is 6.29. The molecule has 1 aliphatic rings. The molecular weight excluding hydrogens is 170 g/mol. The quantitative estimate of drug-likeness (QED) is 0.777. The molecule has 0 radical (unpaired) electrons. The van der Waals surface area contributed by atoms with E-state index in [1.807, 2.05) is 0 Å². The summed E-state index contributed by atoms with van der Waals surface area (Å²) < 4.78 is 0. The normalized spacial score (nSPS) is 31.1. The van der Waals surface area contributed by atoms with Crippen molar-refractivity contribution in [2.24, 2.45) is 11.7 Å². The van der Waals surface area contributed by atoms with Crippen molar-refractivity contribution in [3.63, 3.8) is 0 Å². The highest BCUT2D eigenvalue weighted by Gasteiger charge is 2.41. The van der Waals surface area contributed by atoms with Crippen molar-refractivity contribution in [1.82, 2.24) is 0 Å². The fourth-order valence-electron chi connectivity index (χ4n) is 2.39. The predicted octanol–water partition coefficient (Wildman–Crippen LogP) is 2.75.